The summed E-state index contributed by atoms with van der Waals surface area (Å²) in [4.78, 5) is 20.5. The number of hydrogen-bond donors (Lipinski definition) is 2. The van der Waals surface area contributed by atoms with Crippen LogP contribution >= 0.6 is 0 Å². The van der Waals surface area contributed by atoms with Crippen LogP contribution < -0.4 is 4.72 Å². The van der Waals surface area contributed by atoms with Crippen LogP contribution in [-0.4, -0.2) is 29.4 Å². The first-order valence-corrected chi connectivity index (χ1v) is 10.9. The Morgan fingerprint density at radius 3 is 2.52 bits per heavy atom. The Morgan fingerprint density at radius 1 is 1.21 bits per heavy atom. The molecule has 1 aromatic carbocycles. The van der Waals surface area contributed by atoms with E-state index in [9.17, 15) is 13.2 Å². The minimum atomic E-state index is -3.75. The standard InChI is InChI=1S/C21H24FN3O3S/c1-11(2)14-8-15-16(10-24-21(15)23-9-14)20(26)18-13(5)6-7-17(19(18)22)25-29(27,28)12(3)4/h6-12,25H,1-5H3,(H,23,24). The molecule has 0 saturated heterocycles. The number of H-pyrrole nitrogens is 1. The average molecular weight is 418 g/mol. The number of nitrogens with zero attached hydrogens (tertiary/aromatic N) is 1. The molecule has 0 aliphatic heterocycles. The summed E-state index contributed by atoms with van der Waals surface area (Å²) in [5.41, 5.74) is 1.80. The Bertz CT molecular complexity index is 1200. The van der Waals surface area contributed by atoms with E-state index in [1.54, 1.807) is 13.1 Å². The van der Waals surface area contributed by atoms with Gasteiger partial charge in [-0.05, 0) is 49.9 Å². The van der Waals surface area contributed by atoms with Gasteiger partial charge in [0.25, 0.3) is 0 Å². The SMILES string of the molecule is Cc1ccc(NS(=O)(=O)C(C)C)c(F)c1C(=O)c1c[nH]c2ncc(C(C)C)cc12. The summed E-state index contributed by atoms with van der Waals surface area (Å²) in [6.45, 7) is 8.64. The Hall–Kier alpha value is -2.74. The number of sulfonamides is 1. The number of carbonyl (C=O) groups excluding carboxylic acids is 1. The number of pyridine rings is 1. The minimum absolute atomic E-state index is 0.162. The fourth-order valence-corrected chi connectivity index (χ4v) is 3.66. The van der Waals surface area contributed by atoms with Crippen LogP contribution in [-0.2, 0) is 10.0 Å². The molecule has 0 radical (unpaired) electrons. The van der Waals surface area contributed by atoms with Crippen LogP contribution in [0, 0.1) is 12.7 Å². The molecule has 2 heterocycles. The fourth-order valence-electron chi connectivity index (χ4n) is 2.96. The van der Waals surface area contributed by atoms with Crippen molar-refractivity contribution >= 4 is 32.5 Å². The predicted molar refractivity (Wildman–Crippen MR) is 112 cm³/mol. The Balaban J connectivity index is 2.12. The zero-order chi connectivity index (χ0) is 21.5. The summed E-state index contributed by atoms with van der Waals surface area (Å²) >= 11 is 0. The van der Waals surface area contributed by atoms with Crippen LogP contribution in [0.4, 0.5) is 10.1 Å². The molecule has 3 rings (SSSR count). The van der Waals surface area contributed by atoms with E-state index in [0.717, 1.165) is 5.56 Å². The summed E-state index contributed by atoms with van der Waals surface area (Å²) < 4.78 is 41.7. The van der Waals surface area contributed by atoms with E-state index in [0.29, 0.717) is 22.2 Å². The Morgan fingerprint density at radius 2 is 1.90 bits per heavy atom. The molecule has 0 unspecified atom stereocenters. The fraction of sp³-hybridized carbons (Fsp3) is 0.333. The van der Waals surface area contributed by atoms with E-state index in [1.165, 1.54) is 32.2 Å². The maximum absolute atomic E-state index is 15.2. The van der Waals surface area contributed by atoms with Crippen LogP contribution in [0.5, 0.6) is 0 Å². The second-order valence-corrected chi connectivity index (χ2v) is 9.90. The number of halogens is 1. The number of aromatic amines is 1. The molecule has 0 fully saturated rings. The number of fused-ring (bicyclic) bond motifs is 1. The molecule has 0 spiro atoms. The van der Waals surface area contributed by atoms with Crippen molar-refractivity contribution in [3.05, 3.63) is 58.7 Å². The minimum Gasteiger partial charge on any atom is -0.345 e. The third-order valence-electron chi connectivity index (χ3n) is 4.91. The average Bonchev–Trinajstić information content (AvgIpc) is 3.07. The van der Waals surface area contributed by atoms with Crippen LogP contribution in [0.1, 0.15) is 60.7 Å². The summed E-state index contributed by atoms with van der Waals surface area (Å²) in [5, 5.41) is -0.135. The second kappa shape index (κ2) is 7.59. The van der Waals surface area contributed by atoms with Gasteiger partial charge in [-0.25, -0.2) is 17.8 Å². The molecule has 0 aliphatic rings. The van der Waals surface area contributed by atoms with Crippen molar-refractivity contribution in [2.45, 2.75) is 45.8 Å². The van der Waals surface area contributed by atoms with Gasteiger partial charge in [-0.1, -0.05) is 19.9 Å². The smallest absolute Gasteiger partial charge is 0.235 e. The molecule has 0 bridgehead atoms. The van der Waals surface area contributed by atoms with Crippen molar-refractivity contribution in [3.63, 3.8) is 0 Å². The van der Waals surface area contributed by atoms with Crippen LogP contribution in [0.25, 0.3) is 11.0 Å². The number of anilines is 1. The van der Waals surface area contributed by atoms with Crippen LogP contribution in [0.15, 0.2) is 30.6 Å². The van der Waals surface area contributed by atoms with Gasteiger partial charge in [-0.3, -0.25) is 9.52 Å². The second-order valence-electron chi connectivity index (χ2n) is 7.67. The van der Waals surface area contributed by atoms with Crippen molar-refractivity contribution in [2.24, 2.45) is 0 Å². The highest BCUT2D eigenvalue weighted by Crippen LogP contribution is 2.29. The molecule has 8 heteroatoms. The quantitative estimate of drug-likeness (QED) is 0.577. The Labute approximate surface area is 169 Å². The Kier molecular flexibility index (Phi) is 5.49. The number of benzene rings is 1. The van der Waals surface area contributed by atoms with Crippen molar-refractivity contribution in [1.82, 2.24) is 9.97 Å². The maximum atomic E-state index is 15.2. The molecule has 3 aromatic rings. The van der Waals surface area contributed by atoms with Gasteiger partial charge >= 0.3 is 0 Å². The molecular weight excluding hydrogens is 393 g/mol. The zero-order valence-electron chi connectivity index (χ0n) is 17.0. The zero-order valence-corrected chi connectivity index (χ0v) is 17.8. The molecule has 29 heavy (non-hydrogen) atoms. The van der Waals surface area contributed by atoms with Gasteiger partial charge in [0, 0.05) is 23.3 Å². The van der Waals surface area contributed by atoms with Crippen molar-refractivity contribution in [3.8, 4) is 0 Å². The molecule has 0 amide bonds. The van der Waals surface area contributed by atoms with Crippen molar-refractivity contribution < 1.29 is 17.6 Å². The number of hydrogen-bond acceptors (Lipinski definition) is 4. The van der Waals surface area contributed by atoms with E-state index < -0.39 is 26.9 Å². The summed E-state index contributed by atoms with van der Waals surface area (Å²) in [6, 6.07) is 4.73. The summed E-state index contributed by atoms with van der Waals surface area (Å²) in [6.07, 6.45) is 3.25. The highest BCUT2D eigenvalue weighted by Gasteiger charge is 2.25. The van der Waals surface area contributed by atoms with Crippen LogP contribution in [0.2, 0.25) is 0 Å². The highest BCUT2D eigenvalue weighted by atomic mass is 32.2. The normalized spacial score (nSPS) is 12.1. The van der Waals surface area contributed by atoms with Crippen molar-refractivity contribution in [1.29, 1.82) is 0 Å². The number of rotatable bonds is 6. The molecule has 2 aromatic heterocycles. The van der Waals surface area contributed by atoms with Gasteiger partial charge in [0.2, 0.25) is 10.0 Å². The van der Waals surface area contributed by atoms with Gasteiger partial charge in [0.15, 0.2) is 11.6 Å². The monoisotopic (exact) mass is 417 g/mol. The van der Waals surface area contributed by atoms with E-state index in [4.69, 9.17) is 0 Å². The third-order valence-corrected chi connectivity index (χ3v) is 6.66. The molecule has 0 atom stereocenters. The first-order valence-electron chi connectivity index (χ1n) is 9.35. The van der Waals surface area contributed by atoms with E-state index in [-0.39, 0.29) is 17.2 Å². The van der Waals surface area contributed by atoms with Gasteiger partial charge < -0.3 is 4.98 Å². The number of ketones is 1. The lowest BCUT2D eigenvalue weighted by atomic mass is 9.96. The number of nitrogens with one attached hydrogen (secondary N) is 2. The summed E-state index contributed by atoms with van der Waals surface area (Å²) in [5.74, 6) is -1.20. The predicted octanol–water partition coefficient (Wildman–Crippen LogP) is 4.51. The first kappa shape index (κ1) is 21.0. The number of aromatic nitrogens is 2. The molecule has 0 aliphatic carbocycles. The summed E-state index contributed by atoms with van der Waals surface area (Å²) in [7, 11) is -3.75. The topological polar surface area (TPSA) is 91.9 Å². The molecule has 6 nitrogen and oxygen atoms in total. The lowest BCUT2D eigenvalue weighted by Crippen LogP contribution is -2.23. The number of aryl methyl sites for hydroxylation is 1. The van der Waals surface area contributed by atoms with Gasteiger partial charge in [-0.2, -0.15) is 0 Å². The molecular formula is C21H24FN3O3S. The first-order chi connectivity index (χ1) is 13.5. The van der Waals surface area contributed by atoms with E-state index >= 15 is 4.39 Å². The largest absolute Gasteiger partial charge is 0.345 e. The van der Waals surface area contributed by atoms with Crippen LogP contribution in [0.3, 0.4) is 0 Å². The van der Waals surface area contributed by atoms with E-state index in [1.807, 2.05) is 19.9 Å². The van der Waals surface area contributed by atoms with Gasteiger partial charge in [0.05, 0.1) is 16.5 Å². The molecule has 2 N–H and O–H groups in total. The van der Waals surface area contributed by atoms with Gasteiger partial charge in [-0.15, -0.1) is 0 Å². The number of carbonyl (C=O) groups is 1. The lowest BCUT2D eigenvalue weighted by Gasteiger charge is -2.14. The maximum Gasteiger partial charge on any atom is 0.235 e. The molecule has 0 saturated carbocycles. The van der Waals surface area contributed by atoms with Gasteiger partial charge in [0.1, 0.15) is 5.65 Å². The van der Waals surface area contributed by atoms with Crippen molar-refractivity contribution in [2.75, 3.05) is 4.72 Å². The van der Waals surface area contributed by atoms with E-state index in [2.05, 4.69) is 14.7 Å². The molecule has 154 valence electrons. The lowest BCUT2D eigenvalue weighted by molar-refractivity contribution is 0.103. The highest BCUT2D eigenvalue weighted by molar-refractivity contribution is 7.93. The third kappa shape index (κ3) is 3.89.